The Balaban J connectivity index is 5.18. The first-order chi connectivity index (χ1) is 8.19. The molecule has 0 aromatic carbocycles. The van der Waals surface area contributed by atoms with E-state index in [1.54, 1.807) is 20.8 Å². The Hall–Kier alpha value is -1.11. The number of hydrogen-bond donors (Lipinski definition) is 2. The first-order valence-corrected chi connectivity index (χ1v) is 7.81. The number of carbonyl (C=O) groups is 2. The molecular formula is C12H23NO5S. The second-order valence-corrected chi connectivity index (χ2v) is 8.84. The van der Waals surface area contributed by atoms with Gasteiger partial charge in [0, 0.05) is 12.3 Å². The largest absolute Gasteiger partial charge is 0.481 e. The van der Waals surface area contributed by atoms with E-state index in [-0.39, 0.29) is 6.42 Å². The van der Waals surface area contributed by atoms with Crippen molar-refractivity contribution in [2.24, 2.45) is 5.41 Å². The number of aliphatic carboxylic acids is 1. The molecule has 0 rings (SSSR count). The summed E-state index contributed by atoms with van der Waals surface area (Å²) in [5.41, 5.74) is -0.484. The van der Waals surface area contributed by atoms with Crippen LogP contribution < -0.4 is 5.32 Å². The van der Waals surface area contributed by atoms with E-state index in [0.29, 0.717) is 0 Å². The third-order valence-corrected chi connectivity index (χ3v) is 5.24. The van der Waals surface area contributed by atoms with Crippen LogP contribution in [0.1, 0.15) is 41.0 Å². The molecule has 1 amide bonds. The van der Waals surface area contributed by atoms with Crippen LogP contribution in [0.3, 0.4) is 0 Å². The second-order valence-electron chi connectivity index (χ2n) is 6.27. The van der Waals surface area contributed by atoms with E-state index in [2.05, 4.69) is 5.32 Å². The molecule has 6 nitrogen and oxygen atoms in total. The fourth-order valence-corrected chi connectivity index (χ4v) is 1.64. The molecule has 0 aromatic rings. The lowest BCUT2D eigenvalue weighted by Crippen LogP contribution is -2.54. The summed E-state index contributed by atoms with van der Waals surface area (Å²) < 4.78 is 21.6. The van der Waals surface area contributed by atoms with Crippen LogP contribution in [0.15, 0.2) is 0 Å². The summed E-state index contributed by atoms with van der Waals surface area (Å²) in [7, 11) is -3.58. The molecule has 0 saturated carbocycles. The molecular weight excluding hydrogens is 270 g/mol. The molecule has 0 fully saturated rings. The maximum atomic E-state index is 12.1. The van der Waals surface area contributed by atoms with Gasteiger partial charge in [0.2, 0.25) is 5.91 Å². The number of carboxylic acid groups (broad SMARTS) is 1. The van der Waals surface area contributed by atoms with Gasteiger partial charge in [-0.1, -0.05) is 20.8 Å². The summed E-state index contributed by atoms with van der Waals surface area (Å²) in [4.78, 5) is 22.9. The van der Waals surface area contributed by atoms with Crippen LogP contribution in [0.4, 0.5) is 0 Å². The van der Waals surface area contributed by atoms with E-state index in [9.17, 15) is 18.0 Å². The number of nitrogens with one attached hydrogen (secondary N) is 1. The molecule has 1 unspecified atom stereocenters. The standard InChI is InChI=1S/C12H23NO5S/c1-11(2,3)8(7-9(14)15)13-10(16)12(4,5)19(6,17)18/h8H,7H2,1-6H3,(H,13,16)(H,14,15). The number of rotatable bonds is 5. The van der Waals surface area contributed by atoms with E-state index in [4.69, 9.17) is 5.11 Å². The van der Waals surface area contributed by atoms with Gasteiger partial charge in [-0.2, -0.15) is 0 Å². The smallest absolute Gasteiger partial charge is 0.305 e. The van der Waals surface area contributed by atoms with Crippen molar-refractivity contribution in [1.82, 2.24) is 5.32 Å². The molecule has 1 atom stereocenters. The van der Waals surface area contributed by atoms with Crippen molar-refractivity contribution >= 4 is 21.7 Å². The highest BCUT2D eigenvalue weighted by atomic mass is 32.2. The Labute approximate surface area is 114 Å². The lowest BCUT2D eigenvalue weighted by molar-refractivity contribution is -0.138. The molecule has 0 bridgehead atoms. The molecule has 0 aliphatic rings. The fourth-order valence-electron chi connectivity index (χ4n) is 1.25. The molecule has 0 radical (unpaired) electrons. The quantitative estimate of drug-likeness (QED) is 0.781. The maximum absolute atomic E-state index is 12.1. The third-order valence-electron chi connectivity index (χ3n) is 3.20. The van der Waals surface area contributed by atoms with Gasteiger partial charge in [0.25, 0.3) is 0 Å². The zero-order chi connectivity index (χ0) is 15.6. The first-order valence-electron chi connectivity index (χ1n) is 5.92. The number of carbonyl (C=O) groups excluding carboxylic acids is 1. The summed E-state index contributed by atoms with van der Waals surface area (Å²) in [5, 5.41) is 11.4. The summed E-state index contributed by atoms with van der Waals surface area (Å²) in [5.74, 6) is -1.73. The average Bonchev–Trinajstić information content (AvgIpc) is 2.12. The van der Waals surface area contributed by atoms with Crippen molar-refractivity contribution < 1.29 is 23.1 Å². The predicted molar refractivity (Wildman–Crippen MR) is 72.6 cm³/mol. The fraction of sp³-hybridized carbons (Fsp3) is 0.833. The summed E-state index contributed by atoms with van der Waals surface area (Å²) in [6.45, 7) is 7.97. The minimum atomic E-state index is -3.58. The van der Waals surface area contributed by atoms with E-state index in [1.165, 1.54) is 13.8 Å². The second kappa shape index (κ2) is 5.48. The first kappa shape index (κ1) is 17.9. The number of amides is 1. The molecule has 19 heavy (non-hydrogen) atoms. The third kappa shape index (κ3) is 4.81. The highest BCUT2D eigenvalue weighted by Crippen LogP contribution is 2.24. The highest BCUT2D eigenvalue weighted by Gasteiger charge is 2.41. The number of carboxylic acids is 1. The zero-order valence-corrected chi connectivity index (χ0v) is 13.1. The molecule has 0 aromatic heterocycles. The minimum Gasteiger partial charge on any atom is -0.481 e. The van der Waals surface area contributed by atoms with Crippen molar-refractivity contribution in [3.8, 4) is 0 Å². The molecule has 0 aliphatic heterocycles. The summed E-state index contributed by atoms with van der Waals surface area (Å²) >= 11 is 0. The monoisotopic (exact) mass is 293 g/mol. The number of sulfone groups is 1. The normalized spacial score (nSPS) is 14.8. The topological polar surface area (TPSA) is 101 Å². The van der Waals surface area contributed by atoms with Gasteiger partial charge in [-0.05, 0) is 19.3 Å². The SMILES string of the molecule is CC(C)(C)C(CC(=O)O)NC(=O)C(C)(C)S(C)(=O)=O. The molecule has 7 heteroatoms. The average molecular weight is 293 g/mol. The Morgan fingerprint density at radius 1 is 1.16 bits per heavy atom. The van der Waals surface area contributed by atoms with Gasteiger partial charge in [0.1, 0.15) is 4.75 Å². The van der Waals surface area contributed by atoms with Crippen LogP contribution in [0, 0.1) is 5.41 Å². The number of hydrogen-bond acceptors (Lipinski definition) is 4. The highest BCUT2D eigenvalue weighted by molar-refractivity contribution is 7.92. The van der Waals surface area contributed by atoms with Crippen molar-refractivity contribution in [2.45, 2.75) is 51.8 Å². The molecule has 0 spiro atoms. The predicted octanol–water partition coefficient (Wildman–Crippen LogP) is 0.815. The Morgan fingerprint density at radius 3 is 1.84 bits per heavy atom. The van der Waals surface area contributed by atoms with Crippen LogP contribution >= 0.6 is 0 Å². The van der Waals surface area contributed by atoms with Crippen molar-refractivity contribution in [3.63, 3.8) is 0 Å². The van der Waals surface area contributed by atoms with E-state index >= 15 is 0 Å². The Kier molecular flexibility index (Phi) is 5.16. The van der Waals surface area contributed by atoms with Crippen LogP contribution in [0.5, 0.6) is 0 Å². The molecule has 2 N–H and O–H groups in total. The van der Waals surface area contributed by atoms with Crippen molar-refractivity contribution in [2.75, 3.05) is 6.26 Å². The molecule has 0 heterocycles. The van der Waals surface area contributed by atoms with Gasteiger partial charge in [-0.15, -0.1) is 0 Å². The van der Waals surface area contributed by atoms with Crippen LogP contribution in [-0.2, 0) is 19.4 Å². The van der Waals surface area contributed by atoms with Crippen molar-refractivity contribution in [1.29, 1.82) is 0 Å². The van der Waals surface area contributed by atoms with Gasteiger partial charge in [-0.3, -0.25) is 9.59 Å². The van der Waals surface area contributed by atoms with Crippen LogP contribution in [0.2, 0.25) is 0 Å². The van der Waals surface area contributed by atoms with Crippen molar-refractivity contribution in [3.05, 3.63) is 0 Å². The molecule has 0 saturated heterocycles. The lowest BCUT2D eigenvalue weighted by atomic mass is 9.84. The van der Waals surface area contributed by atoms with Gasteiger partial charge >= 0.3 is 5.97 Å². The Bertz CT molecular complexity index is 459. The van der Waals surface area contributed by atoms with E-state index in [0.717, 1.165) is 6.26 Å². The minimum absolute atomic E-state index is 0.255. The zero-order valence-electron chi connectivity index (χ0n) is 12.3. The Morgan fingerprint density at radius 2 is 1.58 bits per heavy atom. The van der Waals surface area contributed by atoms with Crippen LogP contribution in [0.25, 0.3) is 0 Å². The van der Waals surface area contributed by atoms with Gasteiger partial charge < -0.3 is 10.4 Å². The van der Waals surface area contributed by atoms with E-state index in [1.807, 2.05) is 0 Å². The molecule has 0 aliphatic carbocycles. The lowest BCUT2D eigenvalue weighted by Gasteiger charge is -2.33. The van der Waals surface area contributed by atoms with E-state index < -0.39 is 37.9 Å². The van der Waals surface area contributed by atoms with Gasteiger partial charge in [0.05, 0.1) is 6.42 Å². The molecule has 112 valence electrons. The maximum Gasteiger partial charge on any atom is 0.305 e. The summed E-state index contributed by atoms with van der Waals surface area (Å²) in [6, 6.07) is -0.640. The van der Waals surface area contributed by atoms with Crippen LogP contribution in [-0.4, -0.2) is 42.4 Å². The van der Waals surface area contributed by atoms with Gasteiger partial charge in [0.15, 0.2) is 9.84 Å². The summed E-state index contributed by atoms with van der Waals surface area (Å²) in [6.07, 6.45) is 0.727. The van der Waals surface area contributed by atoms with Gasteiger partial charge in [-0.25, -0.2) is 8.42 Å².